The summed E-state index contributed by atoms with van der Waals surface area (Å²) in [5.41, 5.74) is 4.47. The number of hydrogen-bond donors (Lipinski definition) is 2. The van der Waals surface area contributed by atoms with E-state index < -0.39 is 0 Å². The molecule has 0 radical (unpaired) electrons. The molecule has 1 aromatic carbocycles. The molecule has 0 saturated heterocycles. The zero-order chi connectivity index (χ0) is 15.8. The Balaban J connectivity index is 2.84. The average Bonchev–Trinajstić information content (AvgIpc) is 2.39. The number of benzene rings is 1. The zero-order valence-corrected chi connectivity index (χ0v) is 13.7. The lowest BCUT2D eigenvalue weighted by Gasteiger charge is -2.27. The first-order valence-electron chi connectivity index (χ1n) is 7.71. The van der Waals surface area contributed by atoms with Crippen LogP contribution in [0.1, 0.15) is 38.8 Å². The van der Waals surface area contributed by atoms with Gasteiger partial charge in [-0.25, -0.2) is 5.84 Å². The second-order valence-electron chi connectivity index (χ2n) is 6.49. The topological polar surface area (TPSA) is 58.4 Å². The van der Waals surface area contributed by atoms with Crippen LogP contribution in [0.3, 0.4) is 0 Å². The molecule has 1 aromatic rings. The number of hydrazine groups is 1. The van der Waals surface area contributed by atoms with Crippen molar-refractivity contribution in [2.24, 2.45) is 17.7 Å². The molecule has 118 valence electrons. The molecule has 0 spiro atoms. The largest absolute Gasteiger partial charge is 0.299 e. The SMILES string of the molecule is CC(C)CN(Cc1ccccc1CC(=O)NN)CC(C)C. The van der Waals surface area contributed by atoms with Crippen LogP contribution in [0.4, 0.5) is 0 Å². The van der Waals surface area contributed by atoms with Gasteiger partial charge in [-0.3, -0.25) is 15.1 Å². The summed E-state index contributed by atoms with van der Waals surface area (Å²) in [5, 5.41) is 0. The summed E-state index contributed by atoms with van der Waals surface area (Å²) in [5.74, 6) is 6.30. The van der Waals surface area contributed by atoms with Crippen molar-refractivity contribution >= 4 is 5.91 Å². The second-order valence-corrected chi connectivity index (χ2v) is 6.49. The summed E-state index contributed by atoms with van der Waals surface area (Å²) in [6.45, 7) is 12.0. The molecule has 0 saturated carbocycles. The number of nitrogens with one attached hydrogen (secondary N) is 1. The van der Waals surface area contributed by atoms with Crippen molar-refractivity contribution in [2.75, 3.05) is 13.1 Å². The molecule has 0 heterocycles. The third kappa shape index (κ3) is 6.74. The summed E-state index contributed by atoms with van der Waals surface area (Å²) in [4.78, 5) is 14.0. The summed E-state index contributed by atoms with van der Waals surface area (Å²) in [7, 11) is 0. The molecule has 0 bridgehead atoms. The Morgan fingerprint density at radius 3 is 2.10 bits per heavy atom. The predicted octanol–water partition coefficient (Wildman–Crippen LogP) is 2.33. The van der Waals surface area contributed by atoms with Crippen LogP contribution in [0.5, 0.6) is 0 Å². The first-order chi connectivity index (χ1) is 9.92. The molecule has 0 fully saturated rings. The highest BCUT2D eigenvalue weighted by Gasteiger charge is 2.13. The fourth-order valence-corrected chi connectivity index (χ4v) is 2.59. The first kappa shape index (κ1) is 17.7. The Morgan fingerprint density at radius 1 is 1.10 bits per heavy atom. The van der Waals surface area contributed by atoms with Gasteiger partial charge in [0.2, 0.25) is 5.91 Å². The second kappa shape index (κ2) is 8.80. The van der Waals surface area contributed by atoms with Gasteiger partial charge in [-0.1, -0.05) is 52.0 Å². The predicted molar refractivity (Wildman–Crippen MR) is 87.4 cm³/mol. The Kier molecular flexibility index (Phi) is 7.40. The van der Waals surface area contributed by atoms with Crippen molar-refractivity contribution in [3.8, 4) is 0 Å². The van der Waals surface area contributed by atoms with E-state index in [0.717, 1.165) is 25.2 Å². The summed E-state index contributed by atoms with van der Waals surface area (Å²) in [6, 6.07) is 8.11. The number of carbonyl (C=O) groups excluding carboxylic acids is 1. The minimum absolute atomic E-state index is 0.151. The number of nitrogens with two attached hydrogens (primary N) is 1. The van der Waals surface area contributed by atoms with Crippen molar-refractivity contribution in [3.63, 3.8) is 0 Å². The summed E-state index contributed by atoms with van der Waals surface area (Å²) >= 11 is 0. The number of hydrogen-bond acceptors (Lipinski definition) is 3. The lowest BCUT2D eigenvalue weighted by Crippen LogP contribution is -2.33. The van der Waals surface area contributed by atoms with E-state index in [1.165, 1.54) is 5.56 Å². The standard InChI is InChI=1S/C17H29N3O/c1-13(2)10-20(11-14(3)4)12-16-8-6-5-7-15(16)9-17(21)19-18/h5-8,13-14H,9-12,18H2,1-4H3,(H,19,21). The average molecular weight is 291 g/mol. The molecule has 4 nitrogen and oxygen atoms in total. The number of amides is 1. The molecular weight excluding hydrogens is 262 g/mol. The molecule has 1 rings (SSSR count). The Bertz CT molecular complexity index is 433. The maximum atomic E-state index is 11.5. The van der Waals surface area contributed by atoms with Gasteiger partial charge in [-0.05, 0) is 23.0 Å². The van der Waals surface area contributed by atoms with Crippen molar-refractivity contribution in [3.05, 3.63) is 35.4 Å². The molecule has 0 aliphatic heterocycles. The molecule has 0 aromatic heterocycles. The molecular formula is C17H29N3O. The lowest BCUT2D eigenvalue weighted by atomic mass is 10.0. The van der Waals surface area contributed by atoms with Crippen LogP contribution in [0.25, 0.3) is 0 Å². The highest BCUT2D eigenvalue weighted by Crippen LogP contribution is 2.15. The Labute approximate surface area is 128 Å². The minimum atomic E-state index is -0.151. The van der Waals surface area contributed by atoms with E-state index in [4.69, 9.17) is 5.84 Å². The van der Waals surface area contributed by atoms with E-state index >= 15 is 0 Å². The van der Waals surface area contributed by atoms with E-state index in [2.05, 4.69) is 44.1 Å². The van der Waals surface area contributed by atoms with Crippen LogP contribution in [-0.4, -0.2) is 23.9 Å². The van der Waals surface area contributed by atoms with Crippen molar-refractivity contribution in [1.29, 1.82) is 0 Å². The van der Waals surface area contributed by atoms with Gasteiger partial charge in [0, 0.05) is 19.6 Å². The van der Waals surface area contributed by atoms with Crippen molar-refractivity contribution in [1.82, 2.24) is 10.3 Å². The number of nitrogens with zero attached hydrogens (tertiary/aromatic N) is 1. The van der Waals surface area contributed by atoms with Crippen LogP contribution in [-0.2, 0) is 17.8 Å². The fourth-order valence-electron chi connectivity index (χ4n) is 2.59. The van der Waals surface area contributed by atoms with Gasteiger partial charge < -0.3 is 0 Å². The number of rotatable bonds is 8. The van der Waals surface area contributed by atoms with E-state index in [1.54, 1.807) is 0 Å². The highest BCUT2D eigenvalue weighted by molar-refractivity contribution is 5.78. The maximum absolute atomic E-state index is 11.5. The quantitative estimate of drug-likeness (QED) is 0.439. The van der Waals surface area contributed by atoms with E-state index in [-0.39, 0.29) is 5.91 Å². The van der Waals surface area contributed by atoms with Crippen LogP contribution < -0.4 is 11.3 Å². The van der Waals surface area contributed by atoms with Crippen molar-refractivity contribution < 1.29 is 4.79 Å². The van der Waals surface area contributed by atoms with Crippen LogP contribution in [0.2, 0.25) is 0 Å². The highest BCUT2D eigenvalue weighted by atomic mass is 16.2. The first-order valence-corrected chi connectivity index (χ1v) is 7.71. The summed E-state index contributed by atoms with van der Waals surface area (Å²) < 4.78 is 0. The van der Waals surface area contributed by atoms with Gasteiger partial charge in [-0.15, -0.1) is 0 Å². The van der Waals surface area contributed by atoms with Gasteiger partial charge in [0.05, 0.1) is 6.42 Å². The number of carbonyl (C=O) groups is 1. The van der Waals surface area contributed by atoms with Gasteiger partial charge in [0.1, 0.15) is 0 Å². The van der Waals surface area contributed by atoms with Gasteiger partial charge in [0.25, 0.3) is 0 Å². The molecule has 0 aliphatic carbocycles. The normalized spacial score (nSPS) is 11.4. The van der Waals surface area contributed by atoms with Gasteiger partial charge >= 0.3 is 0 Å². The summed E-state index contributed by atoms with van der Waals surface area (Å²) in [6.07, 6.45) is 0.337. The van der Waals surface area contributed by atoms with Crippen molar-refractivity contribution in [2.45, 2.75) is 40.7 Å². The van der Waals surface area contributed by atoms with E-state index in [9.17, 15) is 4.79 Å². The molecule has 0 atom stereocenters. The zero-order valence-electron chi connectivity index (χ0n) is 13.7. The molecule has 1 amide bonds. The van der Waals surface area contributed by atoms with E-state index in [0.29, 0.717) is 18.3 Å². The molecule has 0 aliphatic rings. The van der Waals surface area contributed by atoms with Gasteiger partial charge in [0.15, 0.2) is 0 Å². The minimum Gasteiger partial charge on any atom is -0.299 e. The molecule has 0 unspecified atom stereocenters. The van der Waals surface area contributed by atoms with Crippen LogP contribution >= 0.6 is 0 Å². The lowest BCUT2D eigenvalue weighted by molar-refractivity contribution is -0.120. The molecule has 21 heavy (non-hydrogen) atoms. The smallest absolute Gasteiger partial charge is 0.238 e. The van der Waals surface area contributed by atoms with E-state index in [1.807, 2.05) is 18.2 Å². The Hall–Kier alpha value is -1.39. The monoisotopic (exact) mass is 291 g/mol. The molecule has 3 N–H and O–H groups in total. The fraction of sp³-hybridized carbons (Fsp3) is 0.588. The van der Waals surface area contributed by atoms with Gasteiger partial charge in [-0.2, -0.15) is 0 Å². The van der Waals surface area contributed by atoms with Crippen LogP contribution in [0, 0.1) is 11.8 Å². The third-order valence-electron chi connectivity index (χ3n) is 3.27. The Morgan fingerprint density at radius 2 is 1.62 bits per heavy atom. The van der Waals surface area contributed by atoms with Crippen LogP contribution in [0.15, 0.2) is 24.3 Å². The third-order valence-corrected chi connectivity index (χ3v) is 3.27. The maximum Gasteiger partial charge on any atom is 0.238 e. The molecule has 4 heteroatoms.